The molecule has 4 rings (SSSR count). The molecule has 3 aromatic rings. The van der Waals surface area contributed by atoms with Crippen LogP contribution in [0.3, 0.4) is 0 Å². The van der Waals surface area contributed by atoms with E-state index in [-0.39, 0.29) is 5.91 Å². The molecule has 0 unspecified atom stereocenters. The molecule has 1 saturated heterocycles. The van der Waals surface area contributed by atoms with Crippen molar-refractivity contribution in [3.05, 3.63) is 52.1 Å². The van der Waals surface area contributed by atoms with E-state index in [9.17, 15) is 4.79 Å². The molecular formula is C21H24N4OS2. The zero-order valence-corrected chi connectivity index (χ0v) is 17.7. The molecule has 5 nitrogen and oxygen atoms in total. The van der Waals surface area contributed by atoms with E-state index in [4.69, 9.17) is 0 Å². The molecule has 1 fully saturated rings. The predicted octanol–water partition coefficient (Wildman–Crippen LogP) is 4.65. The van der Waals surface area contributed by atoms with Crippen LogP contribution in [-0.2, 0) is 11.2 Å². The first-order valence-corrected chi connectivity index (χ1v) is 11.3. The van der Waals surface area contributed by atoms with E-state index in [1.54, 1.807) is 28.9 Å². The molecule has 0 spiro atoms. The molecule has 0 atom stereocenters. The van der Waals surface area contributed by atoms with E-state index in [0.717, 1.165) is 29.3 Å². The lowest BCUT2D eigenvalue weighted by molar-refractivity contribution is -0.116. The molecular weight excluding hydrogens is 388 g/mol. The summed E-state index contributed by atoms with van der Waals surface area (Å²) in [7, 11) is 0. The Morgan fingerprint density at radius 3 is 2.71 bits per heavy atom. The molecule has 1 N–H and O–H groups in total. The molecule has 0 saturated carbocycles. The lowest BCUT2D eigenvalue weighted by Crippen LogP contribution is -2.48. The molecule has 2 aromatic heterocycles. The highest BCUT2D eigenvalue weighted by Crippen LogP contribution is 2.35. The smallest absolute Gasteiger partial charge is 0.224 e. The number of nitrogens with zero attached hydrogens (tertiary/aromatic N) is 3. The van der Waals surface area contributed by atoms with Crippen molar-refractivity contribution in [1.82, 2.24) is 14.9 Å². The molecule has 0 aliphatic carbocycles. The first-order valence-electron chi connectivity index (χ1n) is 9.57. The zero-order valence-electron chi connectivity index (χ0n) is 16.1. The summed E-state index contributed by atoms with van der Waals surface area (Å²) in [6.45, 7) is 6.69. The maximum absolute atomic E-state index is 12.1. The number of carbonyl (C=O) groups is 1. The minimum Gasteiger partial charge on any atom is -0.326 e. The van der Waals surface area contributed by atoms with Gasteiger partial charge < -0.3 is 5.32 Å². The van der Waals surface area contributed by atoms with Gasteiger partial charge in [0.1, 0.15) is 0 Å². The van der Waals surface area contributed by atoms with Gasteiger partial charge in [0.25, 0.3) is 0 Å². The van der Waals surface area contributed by atoms with Crippen molar-refractivity contribution in [2.24, 2.45) is 0 Å². The van der Waals surface area contributed by atoms with Crippen LogP contribution in [0.5, 0.6) is 0 Å². The fraction of sp³-hybridized carbons (Fsp3) is 0.381. The van der Waals surface area contributed by atoms with Gasteiger partial charge in [-0.1, -0.05) is 12.1 Å². The number of rotatable bonds is 7. The normalized spacial score (nSPS) is 15.0. The molecule has 1 aliphatic heterocycles. The van der Waals surface area contributed by atoms with Gasteiger partial charge in [0.2, 0.25) is 5.91 Å². The Morgan fingerprint density at radius 1 is 1.25 bits per heavy atom. The predicted molar refractivity (Wildman–Crippen MR) is 116 cm³/mol. The maximum Gasteiger partial charge on any atom is 0.224 e. The van der Waals surface area contributed by atoms with Crippen LogP contribution in [0.2, 0.25) is 0 Å². The second-order valence-electron chi connectivity index (χ2n) is 7.36. The van der Waals surface area contributed by atoms with Crippen molar-refractivity contribution in [3.63, 3.8) is 0 Å². The summed E-state index contributed by atoms with van der Waals surface area (Å²) in [5.74, 6) is 0.584. The quantitative estimate of drug-likeness (QED) is 0.614. The summed E-state index contributed by atoms with van der Waals surface area (Å²) < 4.78 is 0. The van der Waals surface area contributed by atoms with Crippen LogP contribution in [0.15, 0.2) is 42.0 Å². The highest BCUT2D eigenvalue weighted by molar-refractivity contribution is 7.15. The zero-order chi connectivity index (χ0) is 19.5. The van der Waals surface area contributed by atoms with E-state index in [1.165, 1.54) is 9.88 Å². The van der Waals surface area contributed by atoms with Crippen molar-refractivity contribution < 1.29 is 4.79 Å². The minimum atomic E-state index is 0.0164. The number of hydrogen-bond acceptors (Lipinski definition) is 6. The van der Waals surface area contributed by atoms with E-state index < -0.39 is 0 Å². The lowest BCUT2D eigenvalue weighted by Gasteiger charge is -2.41. The molecule has 1 aromatic carbocycles. The number of likely N-dealkylation sites (tertiary alicyclic amines) is 1. The Labute approximate surface area is 173 Å². The van der Waals surface area contributed by atoms with Crippen molar-refractivity contribution in [2.45, 2.75) is 38.6 Å². The third kappa shape index (κ3) is 4.48. The molecule has 146 valence electrons. The van der Waals surface area contributed by atoms with Crippen LogP contribution in [0.4, 0.5) is 5.69 Å². The number of thiazole rings is 2. The maximum atomic E-state index is 12.1. The largest absolute Gasteiger partial charge is 0.326 e. The third-order valence-electron chi connectivity index (χ3n) is 5.02. The van der Waals surface area contributed by atoms with E-state index >= 15 is 0 Å². The Bertz CT molecular complexity index is 912. The van der Waals surface area contributed by atoms with E-state index in [2.05, 4.69) is 46.2 Å². The molecule has 3 heterocycles. The third-order valence-corrected chi connectivity index (χ3v) is 7.06. The molecule has 0 bridgehead atoms. The molecule has 1 amide bonds. The number of aromatic nitrogens is 2. The van der Waals surface area contributed by atoms with Crippen LogP contribution < -0.4 is 5.32 Å². The highest BCUT2D eigenvalue weighted by atomic mass is 32.1. The topological polar surface area (TPSA) is 58.1 Å². The Balaban J connectivity index is 1.31. The van der Waals surface area contributed by atoms with Crippen LogP contribution >= 0.6 is 22.7 Å². The number of hydrogen-bond donors (Lipinski definition) is 1. The van der Waals surface area contributed by atoms with Gasteiger partial charge in [-0.15, -0.1) is 22.7 Å². The number of carbonyl (C=O) groups excluding carboxylic acids is 1. The van der Waals surface area contributed by atoms with Gasteiger partial charge in [-0.2, -0.15) is 0 Å². The summed E-state index contributed by atoms with van der Waals surface area (Å²) in [4.78, 5) is 24.6. The van der Waals surface area contributed by atoms with Crippen molar-refractivity contribution in [2.75, 3.05) is 18.4 Å². The first-order chi connectivity index (χ1) is 13.6. The number of benzene rings is 1. The monoisotopic (exact) mass is 412 g/mol. The van der Waals surface area contributed by atoms with Gasteiger partial charge in [-0.05, 0) is 31.5 Å². The number of amides is 1. The molecule has 0 radical (unpaired) electrons. The second-order valence-corrected chi connectivity index (χ2v) is 9.40. The van der Waals surface area contributed by atoms with Gasteiger partial charge in [0.05, 0.1) is 14.9 Å². The number of nitrogens with one attached hydrogen (secondary N) is 1. The van der Waals surface area contributed by atoms with Gasteiger partial charge in [0, 0.05) is 61.4 Å². The standard InChI is InChI=1S/C21H24N4OS2/c1-14(2)25-12-16(13-25)21-23-11-18(28-21)15-3-5-17(6-4-15)24-19(26)7-8-20-22-9-10-27-20/h3-6,9-11,14,16H,7-8,12-13H2,1-2H3,(H,24,26). The lowest BCUT2D eigenvalue weighted by atomic mass is 9.99. The van der Waals surface area contributed by atoms with Crippen LogP contribution in [0, 0.1) is 0 Å². The Morgan fingerprint density at radius 2 is 2.04 bits per heavy atom. The van der Waals surface area contributed by atoms with Gasteiger partial charge in [-0.25, -0.2) is 9.97 Å². The number of anilines is 1. The molecule has 7 heteroatoms. The highest BCUT2D eigenvalue weighted by Gasteiger charge is 2.31. The Hall–Kier alpha value is -2.09. The summed E-state index contributed by atoms with van der Waals surface area (Å²) in [6, 6.07) is 8.63. The van der Waals surface area contributed by atoms with Gasteiger partial charge in [0.15, 0.2) is 0 Å². The fourth-order valence-electron chi connectivity index (χ4n) is 3.24. The summed E-state index contributed by atoms with van der Waals surface area (Å²) in [5, 5.41) is 7.12. The van der Waals surface area contributed by atoms with Crippen molar-refractivity contribution in [3.8, 4) is 10.4 Å². The number of aryl methyl sites for hydroxylation is 1. The summed E-state index contributed by atoms with van der Waals surface area (Å²) >= 11 is 3.36. The molecule has 28 heavy (non-hydrogen) atoms. The van der Waals surface area contributed by atoms with Crippen LogP contribution in [0.25, 0.3) is 10.4 Å². The van der Waals surface area contributed by atoms with Crippen molar-refractivity contribution >= 4 is 34.3 Å². The van der Waals surface area contributed by atoms with Gasteiger partial charge >= 0.3 is 0 Å². The van der Waals surface area contributed by atoms with E-state index in [1.807, 2.05) is 23.7 Å². The van der Waals surface area contributed by atoms with E-state index in [0.29, 0.717) is 24.8 Å². The Kier molecular flexibility index (Phi) is 5.85. The van der Waals surface area contributed by atoms with Crippen molar-refractivity contribution in [1.29, 1.82) is 0 Å². The average Bonchev–Trinajstić information content (AvgIpc) is 3.31. The fourth-order valence-corrected chi connectivity index (χ4v) is 4.86. The summed E-state index contributed by atoms with van der Waals surface area (Å²) in [6.07, 6.45) is 4.87. The minimum absolute atomic E-state index is 0.0164. The van der Waals surface area contributed by atoms with Crippen LogP contribution in [0.1, 0.15) is 36.2 Å². The second kappa shape index (κ2) is 8.51. The average molecular weight is 413 g/mol. The SMILES string of the molecule is CC(C)N1CC(c2ncc(-c3ccc(NC(=O)CCc4nccs4)cc3)s2)C1. The first kappa shape index (κ1) is 19.2. The molecule has 1 aliphatic rings. The van der Waals surface area contributed by atoms with Crippen LogP contribution in [-0.4, -0.2) is 39.9 Å². The van der Waals surface area contributed by atoms with Gasteiger partial charge in [-0.3, -0.25) is 9.69 Å². The summed E-state index contributed by atoms with van der Waals surface area (Å²) in [5.41, 5.74) is 1.97.